The minimum absolute atomic E-state index is 0.139. The molecule has 0 bridgehead atoms. The van der Waals surface area contributed by atoms with Crippen molar-refractivity contribution in [3.05, 3.63) is 29.5 Å². The lowest BCUT2D eigenvalue weighted by Crippen LogP contribution is -2.39. The number of nitrogens with zero attached hydrogens (tertiary/aromatic N) is 1. The van der Waals surface area contributed by atoms with E-state index in [2.05, 4.69) is 16.3 Å². The van der Waals surface area contributed by atoms with Crippen molar-refractivity contribution in [1.29, 1.82) is 0 Å². The second kappa shape index (κ2) is 7.06. The molecule has 0 atom stereocenters. The summed E-state index contributed by atoms with van der Waals surface area (Å²) in [5.74, 6) is 0.873. The highest BCUT2D eigenvalue weighted by Crippen LogP contribution is 2.32. The molecule has 1 aliphatic carbocycles. The number of methoxy groups -OCH3 is 1. The van der Waals surface area contributed by atoms with Crippen LogP contribution in [0.1, 0.15) is 35.4 Å². The summed E-state index contributed by atoms with van der Waals surface area (Å²) in [6.07, 6.45) is 3.29. The molecule has 0 radical (unpaired) electrons. The summed E-state index contributed by atoms with van der Waals surface area (Å²) in [6, 6.07) is 6.10. The third kappa shape index (κ3) is 3.37. The van der Waals surface area contributed by atoms with Crippen molar-refractivity contribution < 1.29 is 18.7 Å². The number of nitrogens with one attached hydrogen (secondary N) is 1. The molecule has 2 fully saturated rings. The molecular weight excluding hydrogens is 320 g/mol. The van der Waals surface area contributed by atoms with E-state index in [0.29, 0.717) is 17.1 Å². The molecule has 1 aliphatic heterocycles. The summed E-state index contributed by atoms with van der Waals surface area (Å²) in [5, 5.41) is 3.98. The lowest BCUT2D eigenvalue weighted by atomic mass is 9.93. The number of hydrogen-bond acceptors (Lipinski definition) is 5. The van der Waals surface area contributed by atoms with E-state index in [4.69, 9.17) is 13.9 Å². The van der Waals surface area contributed by atoms with Gasteiger partial charge in [0.1, 0.15) is 0 Å². The van der Waals surface area contributed by atoms with E-state index >= 15 is 0 Å². The largest absolute Gasteiger partial charge is 0.493 e. The van der Waals surface area contributed by atoms with Crippen molar-refractivity contribution in [3.8, 4) is 5.75 Å². The van der Waals surface area contributed by atoms with Gasteiger partial charge in [-0.15, -0.1) is 0 Å². The van der Waals surface area contributed by atoms with Crippen LogP contribution in [0.15, 0.2) is 22.6 Å². The van der Waals surface area contributed by atoms with E-state index in [-0.39, 0.29) is 11.9 Å². The van der Waals surface area contributed by atoms with Gasteiger partial charge in [0.25, 0.3) is 5.91 Å². The minimum atomic E-state index is -0.139. The van der Waals surface area contributed by atoms with Gasteiger partial charge in [-0.2, -0.15) is 0 Å². The quantitative estimate of drug-likeness (QED) is 0.903. The highest BCUT2D eigenvalue weighted by atomic mass is 16.5. The first-order valence-electron chi connectivity index (χ1n) is 8.95. The smallest absolute Gasteiger partial charge is 0.287 e. The molecule has 2 heterocycles. The van der Waals surface area contributed by atoms with Crippen LogP contribution in [0.3, 0.4) is 0 Å². The summed E-state index contributed by atoms with van der Waals surface area (Å²) < 4.78 is 16.7. The van der Waals surface area contributed by atoms with E-state index in [1.54, 1.807) is 7.11 Å². The number of ether oxygens (including phenoxy) is 2. The molecule has 4 rings (SSSR count). The lowest BCUT2D eigenvalue weighted by molar-refractivity contribution is 0.0343. The Morgan fingerprint density at radius 3 is 2.80 bits per heavy atom. The number of rotatable bonds is 5. The predicted molar refractivity (Wildman–Crippen MR) is 94.0 cm³/mol. The molecule has 1 saturated heterocycles. The second-order valence-corrected chi connectivity index (χ2v) is 6.77. The van der Waals surface area contributed by atoms with Crippen LogP contribution in [0.2, 0.25) is 0 Å². The minimum Gasteiger partial charge on any atom is -0.493 e. The Hall–Kier alpha value is -2.05. The van der Waals surface area contributed by atoms with E-state index < -0.39 is 0 Å². The van der Waals surface area contributed by atoms with Gasteiger partial charge < -0.3 is 19.2 Å². The van der Waals surface area contributed by atoms with Gasteiger partial charge in [-0.25, -0.2) is 0 Å². The molecule has 2 aliphatic rings. The lowest BCUT2D eigenvalue weighted by Gasteiger charge is -2.26. The number of amides is 1. The molecule has 134 valence electrons. The Morgan fingerprint density at radius 2 is 2.12 bits per heavy atom. The van der Waals surface area contributed by atoms with Gasteiger partial charge >= 0.3 is 0 Å². The Balaban J connectivity index is 1.62. The Labute approximate surface area is 147 Å². The molecule has 1 aromatic carbocycles. The third-order valence-corrected chi connectivity index (χ3v) is 5.12. The molecule has 0 spiro atoms. The number of fused-ring (bicyclic) bond motifs is 1. The van der Waals surface area contributed by atoms with Gasteiger partial charge in [-0.05, 0) is 37.0 Å². The fourth-order valence-corrected chi connectivity index (χ4v) is 3.37. The third-order valence-electron chi connectivity index (χ3n) is 5.12. The summed E-state index contributed by atoms with van der Waals surface area (Å²) in [6.45, 7) is 4.17. The monoisotopic (exact) mass is 344 g/mol. The summed E-state index contributed by atoms with van der Waals surface area (Å²) in [7, 11) is 1.62. The molecule has 1 saturated carbocycles. The van der Waals surface area contributed by atoms with Crippen LogP contribution < -0.4 is 10.1 Å². The Morgan fingerprint density at radius 1 is 1.32 bits per heavy atom. The zero-order chi connectivity index (χ0) is 17.2. The Bertz CT molecular complexity index is 760. The van der Waals surface area contributed by atoms with E-state index in [0.717, 1.165) is 56.6 Å². The van der Waals surface area contributed by atoms with Crippen molar-refractivity contribution >= 4 is 16.9 Å². The fraction of sp³-hybridized carbons (Fsp3) is 0.526. The van der Waals surface area contributed by atoms with E-state index in [9.17, 15) is 4.79 Å². The average Bonchev–Trinajstić information content (AvgIpc) is 3.05. The normalized spacial score (nSPS) is 18.9. The molecule has 1 aromatic heterocycles. The maximum absolute atomic E-state index is 12.4. The van der Waals surface area contributed by atoms with Crippen LogP contribution in [0.4, 0.5) is 0 Å². The van der Waals surface area contributed by atoms with Crippen LogP contribution in [0, 0.1) is 0 Å². The first kappa shape index (κ1) is 16.4. The molecular formula is C19H24N2O4. The van der Waals surface area contributed by atoms with Gasteiger partial charge in [-0.1, -0.05) is 6.07 Å². The van der Waals surface area contributed by atoms with Crippen molar-refractivity contribution in [2.45, 2.75) is 31.8 Å². The topological polar surface area (TPSA) is 63.9 Å². The molecule has 0 unspecified atom stereocenters. The zero-order valence-corrected chi connectivity index (χ0v) is 14.5. The first-order chi connectivity index (χ1) is 12.2. The molecule has 1 amide bonds. The fourth-order valence-electron chi connectivity index (χ4n) is 3.37. The van der Waals surface area contributed by atoms with Crippen molar-refractivity contribution in [3.63, 3.8) is 0 Å². The number of furan rings is 1. The maximum atomic E-state index is 12.4. The van der Waals surface area contributed by atoms with E-state index in [1.807, 2.05) is 12.1 Å². The summed E-state index contributed by atoms with van der Waals surface area (Å²) >= 11 is 0. The molecule has 1 N–H and O–H groups in total. The van der Waals surface area contributed by atoms with Crippen LogP contribution in [0.25, 0.3) is 11.0 Å². The summed E-state index contributed by atoms with van der Waals surface area (Å²) in [4.78, 5) is 14.8. The zero-order valence-electron chi connectivity index (χ0n) is 14.5. The number of carbonyl (C=O) groups is 1. The predicted octanol–water partition coefficient (Wildman–Crippen LogP) is 2.56. The highest BCUT2D eigenvalue weighted by Gasteiger charge is 2.24. The first-order valence-corrected chi connectivity index (χ1v) is 8.95. The van der Waals surface area contributed by atoms with Crippen molar-refractivity contribution in [1.82, 2.24) is 10.2 Å². The average molecular weight is 344 g/mol. The van der Waals surface area contributed by atoms with Crippen LogP contribution in [0.5, 0.6) is 5.75 Å². The highest BCUT2D eigenvalue weighted by molar-refractivity contribution is 5.98. The van der Waals surface area contributed by atoms with Crippen molar-refractivity contribution in [2.24, 2.45) is 0 Å². The van der Waals surface area contributed by atoms with Crippen LogP contribution in [-0.4, -0.2) is 50.3 Å². The molecule has 2 aromatic rings. The number of morpholine rings is 1. The van der Waals surface area contributed by atoms with Gasteiger partial charge in [0, 0.05) is 31.1 Å². The summed E-state index contributed by atoms with van der Waals surface area (Å²) in [5.41, 5.74) is 1.79. The standard InChI is InChI=1S/C19H24N2O4/c1-23-16-6-5-13(12-21-7-9-24-10-8-21)15-11-17(25-18(15)16)19(22)20-14-3-2-4-14/h5-6,11,14H,2-4,7-10,12H2,1H3,(H,20,22). The number of hydrogen-bond donors (Lipinski definition) is 1. The van der Waals surface area contributed by atoms with Crippen molar-refractivity contribution in [2.75, 3.05) is 33.4 Å². The molecule has 6 nitrogen and oxygen atoms in total. The molecule has 6 heteroatoms. The number of benzene rings is 1. The molecule has 25 heavy (non-hydrogen) atoms. The van der Waals surface area contributed by atoms with Gasteiger partial charge in [0.15, 0.2) is 17.1 Å². The van der Waals surface area contributed by atoms with Gasteiger partial charge in [-0.3, -0.25) is 9.69 Å². The van der Waals surface area contributed by atoms with Gasteiger partial charge in [0.2, 0.25) is 0 Å². The SMILES string of the molecule is COc1ccc(CN2CCOCC2)c2cc(C(=O)NC3CCC3)oc12. The second-order valence-electron chi connectivity index (χ2n) is 6.77. The van der Waals surface area contributed by atoms with Gasteiger partial charge in [0.05, 0.1) is 20.3 Å². The van der Waals surface area contributed by atoms with E-state index in [1.165, 1.54) is 6.42 Å². The van der Waals surface area contributed by atoms with Crippen LogP contribution in [-0.2, 0) is 11.3 Å². The maximum Gasteiger partial charge on any atom is 0.287 e. The Kier molecular flexibility index (Phi) is 4.63. The number of carbonyl (C=O) groups excluding carboxylic acids is 1. The van der Waals surface area contributed by atoms with Crippen LogP contribution >= 0.6 is 0 Å².